The largest absolute Gasteiger partial charge is 0.542 e. The first kappa shape index (κ1) is 34.6. The molecule has 0 spiro atoms. The van der Waals surface area contributed by atoms with Gasteiger partial charge in [0.2, 0.25) is 11.5 Å². The Hall–Kier alpha value is -4.22. The molecule has 8 nitrogen and oxygen atoms in total. The van der Waals surface area contributed by atoms with Crippen molar-refractivity contribution in [2.75, 3.05) is 32.7 Å². The number of aryl methyl sites for hydroxylation is 1. The number of carboxylic acid groups (broad SMARTS) is 1. The molecule has 46 heavy (non-hydrogen) atoms. The number of carbonyl (C=O) groups is 3. The Morgan fingerprint density at radius 2 is 1.37 bits per heavy atom. The molecule has 3 fully saturated rings. The van der Waals surface area contributed by atoms with Gasteiger partial charge in [-0.15, -0.1) is 0 Å². The number of nitrogens with one attached hydrogen (secondary N) is 1. The van der Waals surface area contributed by atoms with Crippen LogP contribution in [0.3, 0.4) is 0 Å². The van der Waals surface area contributed by atoms with Gasteiger partial charge in [0, 0.05) is 38.1 Å². The zero-order valence-corrected chi connectivity index (χ0v) is 25.5. The first-order valence-corrected chi connectivity index (χ1v) is 15.4. The molecule has 6 rings (SSSR count). The van der Waals surface area contributed by atoms with Gasteiger partial charge in [0.25, 0.3) is 0 Å². The van der Waals surface area contributed by atoms with E-state index in [1.54, 1.807) is 24.3 Å². The predicted molar refractivity (Wildman–Crippen MR) is 162 cm³/mol. The summed E-state index contributed by atoms with van der Waals surface area (Å²) in [4.78, 5) is 34.8. The van der Waals surface area contributed by atoms with Crippen molar-refractivity contribution in [3.63, 3.8) is 0 Å². The van der Waals surface area contributed by atoms with Gasteiger partial charge in [-0.3, -0.25) is 4.79 Å². The van der Waals surface area contributed by atoms with Gasteiger partial charge >= 0.3 is 12.1 Å². The number of amides is 1. The number of quaternary nitrogens is 1. The third-order valence-electron chi connectivity index (χ3n) is 8.82. The zero-order valence-electron chi connectivity index (χ0n) is 25.5. The van der Waals surface area contributed by atoms with Crippen molar-refractivity contribution in [3.8, 4) is 0 Å². The van der Waals surface area contributed by atoms with Crippen LogP contribution in [0.4, 0.5) is 13.2 Å². The summed E-state index contributed by atoms with van der Waals surface area (Å²) >= 11 is 0. The van der Waals surface area contributed by atoms with Crippen LogP contribution in [-0.4, -0.2) is 72.4 Å². The molecule has 0 radical (unpaired) electrons. The van der Waals surface area contributed by atoms with Crippen LogP contribution in [0, 0.1) is 5.92 Å². The van der Waals surface area contributed by atoms with E-state index in [2.05, 4.69) is 5.32 Å². The number of hydrogen-bond acceptors (Lipinski definition) is 6. The first-order chi connectivity index (χ1) is 21.9. The molecular formula is C35H39F3N2O6. The van der Waals surface area contributed by atoms with Gasteiger partial charge in [-0.05, 0) is 23.1 Å². The number of carboxylic acids is 1. The molecule has 0 saturated carbocycles. The third kappa shape index (κ3) is 8.95. The summed E-state index contributed by atoms with van der Waals surface area (Å²) in [5.74, 6) is -3.21. The highest BCUT2D eigenvalue weighted by atomic mass is 19.4. The molecule has 2 bridgehead atoms. The van der Waals surface area contributed by atoms with E-state index >= 15 is 0 Å². The van der Waals surface area contributed by atoms with E-state index in [0.29, 0.717) is 30.0 Å². The molecule has 3 aliphatic rings. The molecule has 0 aliphatic carbocycles. The molecule has 3 aliphatic heterocycles. The minimum Gasteiger partial charge on any atom is -0.542 e. The molecule has 3 heterocycles. The second-order valence-electron chi connectivity index (χ2n) is 11.9. The number of fused-ring (bicyclic) bond motifs is 3. The number of alkyl halides is 3. The summed E-state index contributed by atoms with van der Waals surface area (Å²) in [6.45, 7) is 4.51. The lowest BCUT2D eigenvalue weighted by Crippen LogP contribution is -2.65. The van der Waals surface area contributed by atoms with Gasteiger partial charge in [0.15, 0.2) is 6.10 Å². The van der Waals surface area contributed by atoms with Crippen LogP contribution < -0.4 is 10.4 Å². The zero-order chi connectivity index (χ0) is 33.2. The number of halogens is 3. The summed E-state index contributed by atoms with van der Waals surface area (Å²) in [7, 11) is 0. The van der Waals surface area contributed by atoms with E-state index in [-0.39, 0.29) is 12.0 Å². The highest BCUT2D eigenvalue weighted by molar-refractivity contribution is 5.85. The number of nitrogens with zero attached hydrogens (tertiary/aromatic N) is 1. The van der Waals surface area contributed by atoms with Crippen molar-refractivity contribution in [3.05, 3.63) is 108 Å². The Morgan fingerprint density at radius 1 is 0.870 bits per heavy atom. The highest BCUT2D eigenvalue weighted by Gasteiger charge is 2.50. The van der Waals surface area contributed by atoms with Crippen LogP contribution in [0.1, 0.15) is 42.4 Å². The van der Waals surface area contributed by atoms with E-state index in [1.807, 2.05) is 66.7 Å². The van der Waals surface area contributed by atoms with Gasteiger partial charge in [-0.25, -0.2) is 4.79 Å². The minimum atomic E-state index is -5.19. The molecule has 11 heteroatoms. The summed E-state index contributed by atoms with van der Waals surface area (Å²) in [6.07, 6.45) is -1.26. The quantitative estimate of drug-likeness (QED) is 0.188. The third-order valence-corrected chi connectivity index (χ3v) is 8.82. The van der Waals surface area contributed by atoms with Gasteiger partial charge in [-0.2, -0.15) is 13.2 Å². The lowest BCUT2D eigenvalue weighted by Gasteiger charge is -2.52. The van der Waals surface area contributed by atoms with Crippen LogP contribution in [0.2, 0.25) is 0 Å². The van der Waals surface area contributed by atoms with Crippen molar-refractivity contribution >= 4 is 17.8 Å². The standard InChI is InChI=1S/C33H38N2O4.C2HF3O2/c36-31(18-17-26-11-4-1-5-12-26)34-21-10-22-35-23-19-27(20-24-35)30(25-35)39-32(37)33(38,28-13-6-2-7-14-28)29-15-8-3-9-16-29;3-2(4,5)1(6)7/h1-9,11-16,27,30,38H,10,17-25H2;(H,6,7)/t27?,30-,35?;/m0./s1. The monoisotopic (exact) mass is 640 g/mol. The lowest BCUT2D eigenvalue weighted by atomic mass is 9.82. The molecule has 0 unspecified atom stereocenters. The molecule has 3 aromatic carbocycles. The van der Waals surface area contributed by atoms with E-state index in [0.717, 1.165) is 56.3 Å². The minimum absolute atomic E-state index is 0.0871. The number of hydrogen-bond donors (Lipinski definition) is 2. The molecule has 3 aromatic rings. The fourth-order valence-electron chi connectivity index (χ4n) is 6.29. The number of piperidine rings is 3. The Bertz CT molecular complexity index is 1390. The predicted octanol–water partition coefficient (Wildman–Crippen LogP) is 3.51. The lowest BCUT2D eigenvalue weighted by molar-refractivity contribution is -0.946. The summed E-state index contributed by atoms with van der Waals surface area (Å²) in [5, 5.41) is 23.7. The maximum absolute atomic E-state index is 13.7. The van der Waals surface area contributed by atoms with Gasteiger partial charge < -0.3 is 29.5 Å². The van der Waals surface area contributed by atoms with Crippen molar-refractivity contribution < 1.29 is 47.0 Å². The second kappa shape index (κ2) is 15.4. The molecule has 2 N–H and O–H groups in total. The molecule has 0 aromatic heterocycles. The first-order valence-electron chi connectivity index (χ1n) is 15.4. The van der Waals surface area contributed by atoms with Crippen LogP contribution in [0.15, 0.2) is 91.0 Å². The number of aliphatic carboxylic acids is 1. The molecule has 1 amide bonds. The van der Waals surface area contributed by atoms with Gasteiger partial charge in [-0.1, -0.05) is 91.0 Å². The fraction of sp³-hybridized carbons (Fsp3) is 0.400. The molecule has 3 saturated heterocycles. The van der Waals surface area contributed by atoms with E-state index in [1.165, 1.54) is 5.56 Å². The summed E-state index contributed by atoms with van der Waals surface area (Å²) in [5.41, 5.74) is 0.335. The van der Waals surface area contributed by atoms with Gasteiger partial charge in [0.1, 0.15) is 12.5 Å². The topological polar surface area (TPSA) is 116 Å². The highest BCUT2D eigenvalue weighted by Crippen LogP contribution is 2.38. The number of benzene rings is 3. The van der Waals surface area contributed by atoms with Crippen molar-refractivity contribution in [1.29, 1.82) is 0 Å². The Balaban J connectivity index is 0.000000617. The number of aliphatic hydroxyl groups is 1. The van der Waals surface area contributed by atoms with Crippen LogP contribution >= 0.6 is 0 Å². The Kier molecular flexibility index (Phi) is 11.6. The van der Waals surface area contributed by atoms with Crippen LogP contribution in [0.5, 0.6) is 0 Å². The van der Waals surface area contributed by atoms with Crippen LogP contribution in [-0.2, 0) is 31.1 Å². The molecule has 1 atom stereocenters. The van der Waals surface area contributed by atoms with Crippen molar-refractivity contribution in [1.82, 2.24) is 5.32 Å². The number of carbonyl (C=O) groups excluding carboxylic acids is 3. The maximum atomic E-state index is 13.7. The Labute approximate surface area is 266 Å². The molecular weight excluding hydrogens is 601 g/mol. The van der Waals surface area contributed by atoms with Crippen molar-refractivity contribution in [2.45, 2.75) is 50.0 Å². The second-order valence-corrected chi connectivity index (χ2v) is 11.9. The van der Waals surface area contributed by atoms with Crippen LogP contribution in [0.25, 0.3) is 0 Å². The fourth-order valence-corrected chi connectivity index (χ4v) is 6.29. The number of ether oxygens (including phenoxy) is 1. The molecule has 246 valence electrons. The average Bonchev–Trinajstić information content (AvgIpc) is 3.07. The number of esters is 1. The van der Waals surface area contributed by atoms with E-state index in [4.69, 9.17) is 14.6 Å². The summed E-state index contributed by atoms with van der Waals surface area (Å²) < 4.78 is 38.6. The smallest absolute Gasteiger partial charge is 0.430 e. The van der Waals surface area contributed by atoms with E-state index < -0.39 is 23.7 Å². The maximum Gasteiger partial charge on any atom is 0.430 e. The van der Waals surface area contributed by atoms with Crippen molar-refractivity contribution in [2.24, 2.45) is 5.92 Å². The Morgan fingerprint density at radius 3 is 1.87 bits per heavy atom. The number of rotatable bonds is 11. The SMILES string of the molecule is O=C(CCc1ccccc1)NCCC[N+]12CCC(CC1)[C@@H](OC(=O)C(O)(c1ccccc1)c1ccccc1)C2.O=C([O-])C(F)(F)F. The van der Waals surface area contributed by atoms with Gasteiger partial charge in [0.05, 0.1) is 19.6 Å². The summed E-state index contributed by atoms with van der Waals surface area (Å²) in [6, 6.07) is 28.2. The normalized spacial score (nSPS) is 20.6. The average molecular weight is 641 g/mol. The van der Waals surface area contributed by atoms with E-state index in [9.17, 15) is 27.9 Å².